The number of benzene rings is 3. The molecule has 0 radical (unpaired) electrons. The van der Waals surface area contributed by atoms with Gasteiger partial charge in [-0.1, -0.05) is 62.4 Å². The second-order valence-electron chi connectivity index (χ2n) is 9.45. The van der Waals surface area contributed by atoms with Crippen molar-refractivity contribution in [2.45, 2.75) is 33.4 Å². The maximum atomic E-state index is 13.7. The molecule has 0 saturated heterocycles. The first-order valence-electron chi connectivity index (χ1n) is 12.2. The van der Waals surface area contributed by atoms with Crippen molar-refractivity contribution >= 4 is 38.3 Å². The lowest BCUT2D eigenvalue weighted by Gasteiger charge is -2.32. The zero-order valence-corrected chi connectivity index (χ0v) is 22.8. The standard InChI is InChI=1S/C28H35N3O5S/c1-20(2)17-29-28(33)21(3)30(18-22-13-15-24(36-4)16-14-22)27(32)19-31(37(5,34)35)26-12-8-10-23-9-6-7-11-25(23)26/h6-16,20-21H,17-19H2,1-5H3,(H,29,33)/t21-/m0/s1. The maximum Gasteiger partial charge on any atom is 0.244 e. The number of hydrogen-bond donors (Lipinski definition) is 1. The van der Waals surface area contributed by atoms with Gasteiger partial charge in [-0.25, -0.2) is 8.42 Å². The molecule has 0 saturated carbocycles. The van der Waals surface area contributed by atoms with Gasteiger partial charge in [0.1, 0.15) is 18.3 Å². The van der Waals surface area contributed by atoms with E-state index < -0.39 is 28.5 Å². The zero-order chi connectivity index (χ0) is 27.2. The highest BCUT2D eigenvalue weighted by Crippen LogP contribution is 2.28. The van der Waals surface area contributed by atoms with Crippen molar-refractivity contribution in [3.05, 3.63) is 72.3 Å². The van der Waals surface area contributed by atoms with Crippen molar-refractivity contribution in [2.75, 3.05) is 30.8 Å². The molecular formula is C28H35N3O5S. The van der Waals surface area contributed by atoms with Gasteiger partial charge in [0.2, 0.25) is 21.8 Å². The molecule has 37 heavy (non-hydrogen) atoms. The first-order chi connectivity index (χ1) is 17.5. The number of fused-ring (bicyclic) bond motifs is 1. The molecule has 0 bridgehead atoms. The fourth-order valence-electron chi connectivity index (χ4n) is 3.98. The topological polar surface area (TPSA) is 96.0 Å². The van der Waals surface area contributed by atoms with Gasteiger partial charge in [0.05, 0.1) is 19.1 Å². The highest BCUT2D eigenvalue weighted by molar-refractivity contribution is 7.92. The number of rotatable bonds is 11. The fourth-order valence-corrected chi connectivity index (χ4v) is 4.84. The Hall–Kier alpha value is -3.59. The van der Waals surface area contributed by atoms with E-state index in [1.165, 1.54) is 4.90 Å². The number of anilines is 1. The Morgan fingerprint density at radius 3 is 2.22 bits per heavy atom. The quantitative estimate of drug-likeness (QED) is 0.411. The normalized spacial score (nSPS) is 12.3. The highest BCUT2D eigenvalue weighted by atomic mass is 32.2. The largest absolute Gasteiger partial charge is 0.497 e. The van der Waals surface area contributed by atoms with Crippen LogP contribution in [0.5, 0.6) is 5.75 Å². The molecule has 0 aliphatic carbocycles. The van der Waals surface area contributed by atoms with Crippen molar-refractivity contribution in [2.24, 2.45) is 5.92 Å². The zero-order valence-electron chi connectivity index (χ0n) is 22.0. The summed E-state index contributed by atoms with van der Waals surface area (Å²) in [6.07, 6.45) is 1.08. The van der Waals surface area contributed by atoms with E-state index >= 15 is 0 Å². The van der Waals surface area contributed by atoms with Crippen LogP contribution in [0.1, 0.15) is 26.3 Å². The molecule has 0 fully saturated rings. The van der Waals surface area contributed by atoms with Gasteiger partial charge in [-0.15, -0.1) is 0 Å². The molecule has 2 amide bonds. The van der Waals surface area contributed by atoms with Gasteiger partial charge in [0, 0.05) is 18.5 Å². The van der Waals surface area contributed by atoms with Crippen LogP contribution in [0.4, 0.5) is 5.69 Å². The Morgan fingerprint density at radius 1 is 0.946 bits per heavy atom. The van der Waals surface area contributed by atoms with Crippen molar-refractivity contribution in [1.82, 2.24) is 10.2 Å². The van der Waals surface area contributed by atoms with E-state index in [1.807, 2.05) is 56.3 Å². The summed E-state index contributed by atoms with van der Waals surface area (Å²) in [5, 5.41) is 4.45. The van der Waals surface area contributed by atoms with E-state index in [0.717, 1.165) is 21.5 Å². The van der Waals surface area contributed by atoms with Crippen LogP contribution in [0.3, 0.4) is 0 Å². The third-order valence-electron chi connectivity index (χ3n) is 6.08. The molecule has 3 aromatic carbocycles. The van der Waals surface area contributed by atoms with E-state index in [-0.39, 0.29) is 18.4 Å². The average Bonchev–Trinajstić information content (AvgIpc) is 2.87. The summed E-state index contributed by atoms with van der Waals surface area (Å²) < 4.78 is 32.1. The summed E-state index contributed by atoms with van der Waals surface area (Å²) in [5.41, 5.74) is 1.20. The second kappa shape index (κ2) is 12.1. The van der Waals surface area contributed by atoms with Crippen LogP contribution in [-0.4, -0.2) is 57.6 Å². The number of sulfonamides is 1. The Balaban J connectivity index is 1.96. The van der Waals surface area contributed by atoms with Gasteiger partial charge < -0.3 is 15.0 Å². The van der Waals surface area contributed by atoms with E-state index in [9.17, 15) is 18.0 Å². The first-order valence-corrected chi connectivity index (χ1v) is 14.0. The molecule has 0 aliphatic heterocycles. The van der Waals surface area contributed by atoms with Crippen molar-refractivity contribution < 1.29 is 22.7 Å². The van der Waals surface area contributed by atoms with Crippen LogP contribution in [0.25, 0.3) is 10.8 Å². The van der Waals surface area contributed by atoms with E-state index in [2.05, 4.69) is 5.32 Å². The lowest BCUT2D eigenvalue weighted by Crippen LogP contribution is -2.51. The van der Waals surface area contributed by atoms with Crippen LogP contribution in [0.15, 0.2) is 66.7 Å². The average molecular weight is 526 g/mol. The molecular weight excluding hydrogens is 490 g/mol. The minimum atomic E-state index is -3.82. The summed E-state index contributed by atoms with van der Waals surface area (Å²) in [6.45, 7) is 5.79. The highest BCUT2D eigenvalue weighted by Gasteiger charge is 2.30. The van der Waals surface area contributed by atoms with Gasteiger partial charge >= 0.3 is 0 Å². The van der Waals surface area contributed by atoms with Gasteiger partial charge in [-0.05, 0) is 42.0 Å². The van der Waals surface area contributed by atoms with Gasteiger partial charge in [-0.2, -0.15) is 0 Å². The minimum absolute atomic E-state index is 0.131. The molecule has 3 aromatic rings. The second-order valence-corrected chi connectivity index (χ2v) is 11.4. The van der Waals surface area contributed by atoms with Crippen molar-refractivity contribution in [3.8, 4) is 5.75 Å². The van der Waals surface area contributed by atoms with Gasteiger partial charge in [0.15, 0.2) is 0 Å². The summed E-state index contributed by atoms with van der Waals surface area (Å²) in [4.78, 5) is 28.1. The predicted molar refractivity (Wildman–Crippen MR) is 147 cm³/mol. The Bertz CT molecular complexity index is 1330. The van der Waals surface area contributed by atoms with E-state index in [1.54, 1.807) is 38.3 Å². The number of ether oxygens (including phenoxy) is 1. The number of nitrogens with zero attached hydrogens (tertiary/aromatic N) is 2. The maximum absolute atomic E-state index is 13.7. The van der Waals surface area contributed by atoms with Crippen LogP contribution >= 0.6 is 0 Å². The number of carbonyl (C=O) groups excluding carboxylic acids is 2. The van der Waals surface area contributed by atoms with Crippen LogP contribution in [0.2, 0.25) is 0 Å². The Kier molecular flexibility index (Phi) is 9.15. The molecule has 0 spiro atoms. The Morgan fingerprint density at radius 2 is 1.59 bits per heavy atom. The summed E-state index contributed by atoms with van der Waals surface area (Å²) >= 11 is 0. The van der Waals surface area contributed by atoms with Crippen molar-refractivity contribution in [3.63, 3.8) is 0 Å². The van der Waals surface area contributed by atoms with Crippen LogP contribution < -0.4 is 14.4 Å². The third-order valence-corrected chi connectivity index (χ3v) is 7.20. The third kappa shape index (κ3) is 7.22. The minimum Gasteiger partial charge on any atom is -0.497 e. The molecule has 9 heteroatoms. The van der Waals surface area contributed by atoms with E-state index in [4.69, 9.17) is 4.74 Å². The molecule has 0 aliphatic rings. The smallest absolute Gasteiger partial charge is 0.244 e. The number of carbonyl (C=O) groups is 2. The molecule has 198 valence electrons. The molecule has 1 atom stereocenters. The van der Waals surface area contributed by atoms with Gasteiger partial charge in [0.25, 0.3) is 0 Å². The first kappa shape index (κ1) is 28.0. The van der Waals surface area contributed by atoms with E-state index in [0.29, 0.717) is 23.4 Å². The number of amides is 2. The molecule has 3 rings (SSSR count). The predicted octanol–water partition coefficient (Wildman–Crippen LogP) is 3.80. The monoisotopic (exact) mass is 525 g/mol. The molecule has 8 nitrogen and oxygen atoms in total. The molecule has 0 aromatic heterocycles. The number of nitrogens with one attached hydrogen (secondary N) is 1. The molecule has 0 heterocycles. The fraction of sp³-hybridized carbons (Fsp3) is 0.357. The molecule has 0 unspecified atom stereocenters. The molecule has 1 N–H and O–H groups in total. The Labute approximate surface area is 219 Å². The number of methoxy groups -OCH3 is 1. The summed E-state index contributed by atoms with van der Waals surface area (Å²) in [6, 6.07) is 19.1. The number of hydrogen-bond acceptors (Lipinski definition) is 5. The van der Waals surface area contributed by atoms with Gasteiger partial charge in [-0.3, -0.25) is 13.9 Å². The lowest BCUT2D eigenvalue weighted by molar-refractivity contribution is -0.139. The van der Waals surface area contributed by atoms with Crippen molar-refractivity contribution in [1.29, 1.82) is 0 Å². The lowest BCUT2D eigenvalue weighted by atomic mass is 10.1. The summed E-state index contributed by atoms with van der Waals surface area (Å²) in [5.74, 6) is 0.130. The summed E-state index contributed by atoms with van der Waals surface area (Å²) in [7, 11) is -2.25. The van der Waals surface area contributed by atoms with Crippen LogP contribution in [0, 0.1) is 5.92 Å². The van der Waals surface area contributed by atoms with Crippen LogP contribution in [-0.2, 0) is 26.2 Å². The SMILES string of the molecule is COc1ccc(CN(C(=O)CN(c2cccc3ccccc23)S(C)(=O)=O)[C@@H](C)C(=O)NCC(C)C)cc1.